The van der Waals surface area contributed by atoms with Gasteiger partial charge in [0.2, 0.25) is 0 Å². The average molecular weight is 289 g/mol. The van der Waals surface area contributed by atoms with Crippen LogP contribution in [0, 0.1) is 20.8 Å². The Hall–Kier alpha value is -1.19. The highest BCUT2D eigenvalue weighted by atomic mass is 16.5. The maximum Gasteiger partial charge on any atom is 0.177 e. The molecule has 0 atom stereocenters. The number of likely N-dealkylation sites (tertiary alicyclic amines) is 1. The smallest absolute Gasteiger partial charge is 0.177 e. The van der Waals surface area contributed by atoms with E-state index in [0.29, 0.717) is 12.6 Å². The predicted molar refractivity (Wildman–Crippen MR) is 86.1 cm³/mol. The van der Waals surface area contributed by atoms with Gasteiger partial charge in [-0.2, -0.15) is 0 Å². The van der Waals surface area contributed by atoms with Gasteiger partial charge in [0.15, 0.2) is 5.78 Å². The van der Waals surface area contributed by atoms with Crippen LogP contribution in [0.4, 0.5) is 0 Å². The van der Waals surface area contributed by atoms with Crippen LogP contribution >= 0.6 is 0 Å². The Morgan fingerprint density at radius 2 is 1.76 bits per heavy atom. The summed E-state index contributed by atoms with van der Waals surface area (Å²) in [6.45, 7) is 11.4. The van der Waals surface area contributed by atoms with E-state index < -0.39 is 0 Å². The van der Waals surface area contributed by atoms with Crippen molar-refractivity contribution in [2.45, 2.75) is 46.6 Å². The number of benzene rings is 1. The zero-order chi connectivity index (χ0) is 15.4. The van der Waals surface area contributed by atoms with E-state index in [4.69, 9.17) is 4.74 Å². The molecule has 1 heterocycles. The van der Waals surface area contributed by atoms with E-state index in [-0.39, 0.29) is 5.78 Å². The highest BCUT2D eigenvalue weighted by molar-refractivity contribution is 6.00. The van der Waals surface area contributed by atoms with E-state index >= 15 is 0 Å². The van der Waals surface area contributed by atoms with Crippen LogP contribution in [0.2, 0.25) is 0 Å². The van der Waals surface area contributed by atoms with Gasteiger partial charge in [0.1, 0.15) is 0 Å². The van der Waals surface area contributed by atoms with Gasteiger partial charge in [-0.25, -0.2) is 0 Å². The molecule has 0 N–H and O–H groups in total. The Bertz CT molecular complexity index is 479. The van der Waals surface area contributed by atoms with Gasteiger partial charge in [0, 0.05) is 25.3 Å². The molecule has 0 saturated carbocycles. The van der Waals surface area contributed by atoms with E-state index in [1.165, 1.54) is 5.56 Å². The highest BCUT2D eigenvalue weighted by Gasteiger charge is 2.22. The average Bonchev–Trinajstić information content (AvgIpc) is 2.40. The third-order valence-electron chi connectivity index (χ3n) is 4.26. The molecule has 1 aromatic carbocycles. The van der Waals surface area contributed by atoms with Gasteiger partial charge in [0.25, 0.3) is 0 Å². The van der Waals surface area contributed by atoms with Crippen LogP contribution < -0.4 is 0 Å². The summed E-state index contributed by atoms with van der Waals surface area (Å²) in [5, 5.41) is 0. The number of aryl methyl sites for hydroxylation is 3. The zero-order valence-corrected chi connectivity index (χ0v) is 13.7. The fraction of sp³-hybridized carbons (Fsp3) is 0.611. The lowest BCUT2D eigenvalue weighted by molar-refractivity contribution is 0.0147. The molecule has 3 heteroatoms. The molecular weight excluding hydrogens is 262 g/mol. The molecule has 116 valence electrons. The SMILES string of the molecule is CCOC1CCN(CC(=O)c2c(C)cc(C)cc2C)CC1. The first kappa shape index (κ1) is 16.2. The molecule has 0 aromatic heterocycles. The zero-order valence-electron chi connectivity index (χ0n) is 13.7. The Kier molecular flexibility index (Phi) is 5.54. The van der Waals surface area contributed by atoms with Crippen molar-refractivity contribution in [2.24, 2.45) is 0 Å². The lowest BCUT2D eigenvalue weighted by atomic mass is 9.96. The van der Waals surface area contributed by atoms with Crippen molar-refractivity contribution < 1.29 is 9.53 Å². The summed E-state index contributed by atoms with van der Waals surface area (Å²) in [5.74, 6) is 0.250. The molecule has 1 saturated heterocycles. The molecule has 21 heavy (non-hydrogen) atoms. The van der Waals surface area contributed by atoms with E-state index in [1.54, 1.807) is 0 Å². The minimum Gasteiger partial charge on any atom is -0.378 e. The van der Waals surface area contributed by atoms with Crippen molar-refractivity contribution in [2.75, 3.05) is 26.2 Å². The number of hydrogen-bond donors (Lipinski definition) is 0. The van der Waals surface area contributed by atoms with Crippen molar-refractivity contribution in [1.82, 2.24) is 4.90 Å². The second-order valence-corrected chi connectivity index (χ2v) is 6.13. The lowest BCUT2D eigenvalue weighted by Crippen LogP contribution is -2.40. The van der Waals surface area contributed by atoms with Crippen LogP contribution in [0.15, 0.2) is 12.1 Å². The topological polar surface area (TPSA) is 29.5 Å². The number of carbonyl (C=O) groups is 1. The summed E-state index contributed by atoms with van der Waals surface area (Å²) in [7, 11) is 0. The van der Waals surface area contributed by atoms with Crippen LogP contribution in [0.1, 0.15) is 46.8 Å². The van der Waals surface area contributed by atoms with Gasteiger partial charge in [-0.1, -0.05) is 17.7 Å². The van der Waals surface area contributed by atoms with Crippen molar-refractivity contribution in [1.29, 1.82) is 0 Å². The highest BCUT2D eigenvalue weighted by Crippen LogP contribution is 2.19. The minimum atomic E-state index is 0.250. The molecule has 0 bridgehead atoms. The predicted octanol–water partition coefficient (Wildman–Crippen LogP) is 3.30. The van der Waals surface area contributed by atoms with Gasteiger partial charge >= 0.3 is 0 Å². The van der Waals surface area contributed by atoms with Gasteiger partial charge in [-0.15, -0.1) is 0 Å². The summed E-state index contributed by atoms with van der Waals surface area (Å²) < 4.78 is 5.66. The Labute approximate surface area is 128 Å². The molecule has 1 fully saturated rings. The maximum atomic E-state index is 12.6. The molecule has 2 rings (SSSR count). The van der Waals surface area contributed by atoms with Crippen LogP contribution in [-0.4, -0.2) is 43.0 Å². The maximum absolute atomic E-state index is 12.6. The fourth-order valence-corrected chi connectivity index (χ4v) is 3.37. The molecule has 1 aliphatic heterocycles. The van der Waals surface area contributed by atoms with E-state index in [1.807, 2.05) is 20.8 Å². The van der Waals surface area contributed by atoms with Crippen LogP contribution in [0.3, 0.4) is 0 Å². The lowest BCUT2D eigenvalue weighted by Gasteiger charge is -2.31. The molecule has 1 aliphatic rings. The number of ether oxygens (including phenoxy) is 1. The summed E-state index contributed by atoms with van der Waals surface area (Å²) in [4.78, 5) is 14.9. The number of piperidine rings is 1. The summed E-state index contributed by atoms with van der Waals surface area (Å²) in [6.07, 6.45) is 2.45. The first-order chi connectivity index (χ1) is 10.0. The first-order valence-electron chi connectivity index (χ1n) is 7.96. The summed E-state index contributed by atoms with van der Waals surface area (Å²) in [6, 6.07) is 4.20. The quantitative estimate of drug-likeness (QED) is 0.779. The number of nitrogens with zero attached hydrogens (tertiary/aromatic N) is 1. The van der Waals surface area contributed by atoms with Crippen molar-refractivity contribution >= 4 is 5.78 Å². The van der Waals surface area contributed by atoms with E-state index in [2.05, 4.69) is 24.0 Å². The summed E-state index contributed by atoms with van der Waals surface area (Å²) >= 11 is 0. The number of rotatable bonds is 5. The van der Waals surface area contributed by atoms with Crippen LogP contribution in [-0.2, 0) is 4.74 Å². The van der Waals surface area contributed by atoms with E-state index in [0.717, 1.165) is 49.2 Å². The molecular formula is C18H27NO2. The molecule has 3 nitrogen and oxygen atoms in total. The van der Waals surface area contributed by atoms with Crippen molar-refractivity contribution in [3.05, 3.63) is 34.4 Å². The number of hydrogen-bond acceptors (Lipinski definition) is 3. The Morgan fingerprint density at radius 1 is 1.19 bits per heavy atom. The first-order valence-corrected chi connectivity index (χ1v) is 7.96. The van der Waals surface area contributed by atoms with E-state index in [9.17, 15) is 4.79 Å². The fourth-order valence-electron chi connectivity index (χ4n) is 3.37. The van der Waals surface area contributed by atoms with Crippen LogP contribution in [0.5, 0.6) is 0 Å². The molecule has 0 spiro atoms. The Balaban J connectivity index is 1.97. The van der Waals surface area contributed by atoms with Gasteiger partial charge < -0.3 is 4.74 Å². The van der Waals surface area contributed by atoms with Crippen LogP contribution in [0.25, 0.3) is 0 Å². The molecule has 0 unspecified atom stereocenters. The van der Waals surface area contributed by atoms with Gasteiger partial charge in [0.05, 0.1) is 12.6 Å². The molecule has 0 radical (unpaired) electrons. The Morgan fingerprint density at radius 3 is 2.29 bits per heavy atom. The number of Topliss-reactive ketones (excluding diaryl/α,β-unsaturated/α-hetero) is 1. The van der Waals surface area contributed by atoms with Crippen molar-refractivity contribution in [3.63, 3.8) is 0 Å². The largest absolute Gasteiger partial charge is 0.378 e. The summed E-state index contributed by atoms with van der Waals surface area (Å²) in [5.41, 5.74) is 4.33. The second-order valence-electron chi connectivity index (χ2n) is 6.13. The standard InChI is InChI=1S/C18H27NO2/c1-5-21-16-6-8-19(9-7-16)12-17(20)18-14(3)10-13(2)11-15(18)4/h10-11,16H,5-9,12H2,1-4H3. The molecule has 0 amide bonds. The minimum absolute atomic E-state index is 0.250. The third kappa shape index (κ3) is 4.14. The number of ketones is 1. The third-order valence-corrected chi connectivity index (χ3v) is 4.26. The normalized spacial score (nSPS) is 17.1. The van der Waals surface area contributed by atoms with Gasteiger partial charge in [-0.05, 0) is 51.7 Å². The second kappa shape index (κ2) is 7.19. The van der Waals surface area contributed by atoms with Crippen molar-refractivity contribution in [3.8, 4) is 0 Å². The van der Waals surface area contributed by atoms with Gasteiger partial charge in [-0.3, -0.25) is 9.69 Å². The number of carbonyl (C=O) groups excluding carboxylic acids is 1. The molecule has 0 aliphatic carbocycles. The molecule has 1 aromatic rings. The monoisotopic (exact) mass is 289 g/mol.